The number of carbonyl (C=O) groups is 2. The lowest BCUT2D eigenvalue weighted by Gasteiger charge is -2.22. The van der Waals surface area contributed by atoms with E-state index in [4.69, 9.17) is 18.9 Å². The number of ether oxygens (including phenoxy) is 4. The zero-order valence-electron chi connectivity index (χ0n) is 13.9. The summed E-state index contributed by atoms with van der Waals surface area (Å²) >= 11 is 0. The second kappa shape index (κ2) is 6.92. The summed E-state index contributed by atoms with van der Waals surface area (Å²) in [4.78, 5) is 26.2. The van der Waals surface area contributed by atoms with Crippen LogP contribution in [0.2, 0.25) is 0 Å². The van der Waals surface area contributed by atoms with Gasteiger partial charge in [0, 0.05) is 31.3 Å². The number of hydrogen-bond donors (Lipinski definition) is 0. The molecule has 2 atom stereocenters. The van der Waals surface area contributed by atoms with Gasteiger partial charge in [-0.25, -0.2) is 0 Å². The SMILES string of the molecule is O=C(OC[C@H]1CCCO1)[C@@H]1CC(=O)N(c2ccc3c(c2)OCCO3)C1. The third-order valence-electron chi connectivity index (χ3n) is 4.73. The van der Waals surface area contributed by atoms with Crippen molar-refractivity contribution in [3.05, 3.63) is 18.2 Å². The second-order valence-corrected chi connectivity index (χ2v) is 6.50. The van der Waals surface area contributed by atoms with Crippen LogP contribution in [-0.2, 0) is 19.1 Å². The molecule has 0 aromatic heterocycles. The highest BCUT2D eigenvalue weighted by Crippen LogP contribution is 2.36. The molecule has 1 aromatic rings. The van der Waals surface area contributed by atoms with E-state index in [2.05, 4.69) is 0 Å². The zero-order chi connectivity index (χ0) is 17.2. The molecule has 0 bridgehead atoms. The van der Waals surface area contributed by atoms with Gasteiger partial charge in [-0.1, -0.05) is 0 Å². The third kappa shape index (κ3) is 3.42. The van der Waals surface area contributed by atoms with Crippen molar-refractivity contribution < 1.29 is 28.5 Å². The Balaban J connectivity index is 1.39. The summed E-state index contributed by atoms with van der Waals surface area (Å²) in [6.07, 6.45) is 2.08. The number of anilines is 1. The summed E-state index contributed by atoms with van der Waals surface area (Å²) in [7, 11) is 0. The average Bonchev–Trinajstić information content (AvgIpc) is 3.29. The number of carbonyl (C=O) groups excluding carboxylic acids is 2. The van der Waals surface area contributed by atoms with Gasteiger partial charge in [-0.05, 0) is 25.0 Å². The van der Waals surface area contributed by atoms with Gasteiger partial charge >= 0.3 is 5.97 Å². The molecule has 25 heavy (non-hydrogen) atoms. The van der Waals surface area contributed by atoms with Crippen LogP contribution in [0.5, 0.6) is 11.5 Å². The Morgan fingerprint density at radius 1 is 1.20 bits per heavy atom. The number of esters is 1. The molecule has 7 heteroatoms. The molecule has 0 aliphatic carbocycles. The molecule has 0 radical (unpaired) electrons. The summed E-state index contributed by atoms with van der Waals surface area (Å²) in [6.45, 7) is 2.33. The quantitative estimate of drug-likeness (QED) is 0.769. The first kappa shape index (κ1) is 16.2. The predicted octanol–water partition coefficient (Wildman–Crippen LogP) is 1.53. The summed E-state index contributed by atoms with van der Waals surface area (Å²) in [5, 5.41) is 0. The monoisotopic (exact) mass is 347 g/mol. The summed E-state index contributed by atoms with van der Waals surface area (Å²) in [6, 6.07) is 5.39. The summed E-state index contributed by atoms with van der Waals surface area (Å²) < 4.78 is 21.8. The van der Waals surface area contributed by atoms with Crippen LogP contribution in [0.4, 0.5) is 5.69 Å². The number of nitrogens with zero attached hydrogens (tertiary/aromatic N) is 1. The molecule has 0 N–H and O–H groups in total. The molecule has 1 amide bonds. The van der Waals surface area contributed by atoms with E-state index in [9.17, 15) is 9.59 Å². The molecule has 0 saturated carbocycles. The molecule has 3 aliphatic rings. The predicted molar refractivity (Wildman–Crippen MR) is 87.8 cm³/mol. The lowest BCUT2D eigenvalue weighted by atomic mass is 10.1. The van der Waals surface area contributed by atoms with Crippen LogP contribution < -0.4 is 14.4 Å². The smallest absolute Gasteiger partial charge is 0.311 e. The topological polar surface area (TPSA) is 74.3 Å². The maximum atomic E-state index is 12.3. The maximum Gasteiger partial charge on any atom is 0.311 e. The van der Waals surface area contributed by atoms with Crippen LogP contribution in [-0.4, -0.2) is 51.0 Å². The largest absolute Gasteiger partial charge is 0.486 e. The zero-order valence-corrected chi connectivity index (χ0v) is 13.9. The van der Waals surface area contributed by atoms with Gasteiger partial charge in [-0.3, -0.25) is 9.59 Å². The van der Waals surface area contributed by atoms with Gasteiger partial charge in [0.25, 0.3) is 0 Å². The van der Waals surface area contributed by atoms with Crippen molar-refractivity contribution in [2.75, 3.05) is 37.9 Å². The second-order valence-electron chi connectivity index (χ2n) is 6.50. The summed E-state index contributed by atoms with van der Waals surface area (Å²) in [5.41, 5.74) is 0.712. The van der Waals surface area contributed by atoms with Gasteiger partial charge < -0.3 is 23.8 Å². The molecule has 134 valence electrons. The van der Waals surface area contributed by atoms with Gasteiger partial charge in [0.05, 0.1) is 12.0 Å². The van der Waals surface area contributed by atoms with Crippen molar-refractivity contribution in [2.24, 2.45) is 5.92 Å². The van der Waals surface area contributed by atoms with E-state index in [0.717, 1.165) is 19.4 Å². The first-order valence-corrected chi connectivity index (χ1v) is 8.69. The number of fused-ring (bicyclic) bond motifs is 1. The number of amides is 1. The molecule has 3 aliphatic heterocycles. The molecule has 3 heterocycles. The van der Waals surface area contributed by atoms with Crippen LogP contribution in [0, 0.1) is 5.92 Å². The molecule has 2 fully saturated rings. The minimum Gasteiger partial charge on any atom is -0.486 e. The Kier molecular flexibility index (Phi) is 4.48. The summed E-state index contributed by atoms with van der Waals surface area (Å²) in [5.74, 6) is 0.442. The van der Waals surface area contributed by atoms with Gasteiger partial charge in [0.15, 0.2) is 11.5 Å². The Morgan fingerprint density at radius 2 is 2.04 bits per heavy atom. The highest BCUT2D eigenvalue weighted by Gasteiger charge is 2.37. The molecule has 4 rings (SSSR count). The van der Waals surface area contributed by atoms with Crippen LogP contribution in [0.1, 0.15) is 19.3 Å². The van der Waals surface area contributed by atoms with Gasteiger partial charge in [0.2, 0.25) is 5.91 Å². The van der Waals surface area contributed by atoms with E-state index in [1.807, 2.05) is 6.07 Å². The number of rotatable bonds is 4. The molecular weight excluding hydrogens is 326 g/mol. The standard InChI is InChI=1S/C18H21NO6/c20-17-8-12(18(21)25-11-14-2-1-5-22-14)10-19(17)13-3-4-15-16(9-13)24-7-6-23-15/h3-4,9,12,14H,1-2,5-8,10-11H2/t12-,14-/m1/s1. The fraction of sp³-hybridized carbons (Fsp3) is 0.556. The first-order valence-electron chi connectivity index (χ1n) is 8.69. The van der Waals surface area contributed by atoms with E-state index < -0.39 is 5.92 Å². The third-order valence-corrected chi connectivity index (χ3v) is 4.73. The fourth-order valence-electron chi connectivity index (χ4n) is 3.38. The molecule has 1 aromatic carbocycles. The van der Waals surface area contributed by atoms with Gasteiger partial charge in [0.1, 0.15) is 19.8 Å². The van der Waals surface area contributed by atoms with Gasteiger partial charge in [-0.15, -0.1) is 0 Å². The van der Waals surface area contributed by atoms with Gasteiger partial charge in [-0.2, -0.15) is 0 Å². The Bertz CT molecular complexity index is 670. The lowest BCUT2D eigenvalue weighted by molar-refractivity contribution is -0.151. The van der Waals surface area contributed by atoms with E-state index in [0.29, 0.717) is 36.9 Å². The number of benzene rings is 1. The van der Waals surface area contributed by atoms with Crippen molar-refractivity contribution in [1.82, 2.24) is 0 Å². The fourth-order valence-corrected chi connectivity index (χ4v) is 3.38. The average molecular weight is 347 g/mol. The van der Waals surface area contributed by atoms with Crippen molar-refractivity contribution in [2.45, 2.75) is 25.4 Å². The van der Waals surface area contributed by atoms with Crippen molar-refractivity contribution in [1.29, 1.82) is 0 Å². The first-order chi connectivity index (χ1) is 12.2. The van der Waals surface area contributed by atoms with E-state index in [-0.39, 0.29) is 31.0 Å². The van der Waals surface area contributed by atoms with Crippen LogP contribution in [0.25, 0.3) is 0 Å². The van der Waals surface area contributed by atoms with Crippen LogP contribution in [0.3, 0.4) is 0 Å². The van der Waals surface area contributed by atoms with Crippen molar-refractivity contribution >= 4 is 17.6 Å². The molecule has 0 spiro atoms. The molecule has 0 unspecified atom stereocenters. The van der Waals surface area contributed by atoms with Crippen molar-refractivity contribution in [3.63, 3.8) is 0 Å². The number of hydrogen-bond acceptors (Lipinski definition) is 6. The molecular formula is C18H21NO6. The van der Waals surface area contributed by atoms with E-state index in [1.165, 1.54) is 0 Å². The maximum absolute atomic E-state index is 12.3. The molecule has 7 nitrogen and oxygen atoms in total. The van der Waals surface area contributed by atoms with Crippen LogP contribution >= 0.6 is 0 Å². The minimum absolute atomic E-state index is 0.00467. The van der Waals surface area contributed by atoms with Crippen LogP contribution in [0.15, 0.2) is 18.2 Å². The highest BCUT2D eigenvalue weighted by atomic mass is 16.6. The Labute approximate surface area is 145 Å². The van der Waals surface area contributed by atoms with E-state index in [1.54, 1.807) is 17.0 Å². The Hall–Kier alpha value is -2.28. The van der Waals surface area contributed by atoms with E-state index >= 15 is 0 Å². The minimum atomic E-state index is -0.442. The molecule has 2 saturated heterocycles. The highest BCUT2D eigenvalue weighted by molar-refractivity contribution is 5.99. The Morgan fingerprint density at radius 3 is 2.84 bits per heavy atom. The normalized spacial score (nSPS) is 25.3. The lowest BCUT2D eigenvalue weighted by Crippen LogP contribution is -2.28. The van der Waals surface area contributed by atoms with Crippen molar-refractivity contribution in [3.8, 4) is 11.5 Å².